The Bertz CT molecular complexity index is 451. The first-order chi connectivity index (χ1) is 7.86. The fourth-order valence-electron chi connectivity index (χ4n) is 1.37. The lowest BCUT2D eigenvalue weighted by molar-refractivity contribution is 0.0951. The maximum absolute atomic E-state index is 11.7. The molecule has 1 amide bonds. The number of nitrogens with one attached hydrogen (secondary N) is 1. The van der Waals surface area contributed by atoms with E-state index in [-0.39, 0.29) is 5.91 Å². The summed E-state index contributed by atoms with van der Waals surface area (Å²) >= 11 is 0. The first-order valence-corrected chi connectivity index (χ1v) is 5.06. The molecule has 78 valence electrons. The predicted octanol–water partition coefficient (Wildman–Crippen LogP) is 2.22. The molecule has 0 aromatic heterocycles. The quantitative estimate of drug-likeness (QED) is 0.825. The van der Waals surface area contributed by atoms with Gasteiger partial charge in [0.2, 0.25) is 0 Å². The van der Waals surface area contributed by atoms with Gasteiger partial charge >= 0.3 is 0 Å². The molecule has 2 radical (unpaired) electrons. The monoisotopic (exact) mass is 209 g/mol. The van der Waals surface area contributed by atoms with Crippen molar-refractivity contribution in [1.82, 2.24) is 5.32 Å². The molecule has 1 N–H and O–H groups in total. The van der Waals surface area contributed by atoms with Gasteiger partial charge in [0.15, 0.2) is 0 Å². The summed E-state index contributed by atoms with van der Waals surface area (Å²) in [7, 11) is 0. The van der Waals surface area contributed by atoms with Crippen molar-refractivity contribution >= 4 is 5.91 Å². The molecule has 0 aliphatic rings. The number of hydrogen-bond acceptors (Lipinski definition) is 1. The van der Waals surface area contributed by atoms with E-state index in [1.165, 1.54) is 0 Å². The van der Waals surface area contributed by atoms with Gasteiger partial charge in [-0.15, -0.1) is 0 Å². The Morgan fingerprint density at radius 1 is 1.12 bits per heavy atom. The number of benzene rings is 2. The molecule has 0 saturated carbocycles. The second kappa shape index (κ2) is 5.12. The predicted molar refractivity (Wildman–Crippen MR) is 61.7 cm³/mol. The Labute approximate surface area is 94.9 Å². The average molecular weight is 209 g/mol. The number of carbonyl (C=O) groups is 1. The van der Waals surface area contributed by atoms with Gasteiger partial charge in [0.05, 0.1) is 0 Å². The summed E-state index contributed by atoms with van der Waals surface area (Å²) in [4.78, 5) is 11.7. The zero-order valence-corrected chi connectivity index (χ0v) is 8.73. The number of rotatable bonds is 3. The zero-order valence-electron chi connectivity index (χ0n) is 8.73. The van der Waals surface area contributed by atoms with Gasteiger partial charge in [-0.05, 0) is 29.8 Å². The van der Waals surface area contributed by atoms with Gasteiger partial charge in [-0.1, -0.05) is 36.4 Å². The second-order valence-corrected chi connectivity index (χ2v) is 3.39. The summed E-state index contributed by atoms with van der Waals surface area (Å²) in [6.45, 7) is 0.540. The Morgan fingerprint density at radius 2 is 1.94 bits per heavy atom. The van der Waals surface area contributed by atoms with Crippen LogP contribution in [0.2, 0.25) is 0 Å². The molecule has 0 aliphatic heterocycles. The van der Waals surface area contributed by atoms with Gasteiger partial charge in [0.25, 0.3) is 5.91 Å². The molecule has 2 aromatic carbocycles. The van der Waals surface area contributed by atoms with E-state index in [9.17, 15) is 4.79 Å². The van der Waals surface area contributed by atoms with E-state index in [2.05, 4.69) is 17.4 Å². The van der Waals surface area contributed by atoms with Crippen molar-refractivity contribution in [3.63, 3.8) is 0 Å². The molecule has 2 rings (SSSR count). The highest BCUT2D eigenvalue weighted by Crippen LogP contribution is 2.00. The lowest BCUT2D eigenvalue weighted by Crippen LogP contribution is -2.22. The highest BCUT2D eigenvalue weighted by atomic mass is 16.1. The van der Waals surface area contributed by atoms with Crippen LogP contribution in [0, 0.1) is 12.1 Å². The lowest BCUT2D eigenvalue weighted by Gasteiger charge is -2.04. The maximum atomic E-state index is 11.7. The van der Waals surface area contributed by atoms with Crippen LogP contribution in [0.5, 0.6) is 0 Å². The van der Waals surface area contributed by atoms with Gasteiger partial charge in [-0.3, -0.25) is 4.79 Å². The molecular weight excluding hydrogens is 198 g/mol. The Morgan fingerprint density at radius 3 is 2.62 bits per heavy atom. The molecule has 0 spiro atoms. The highest BCUT2D eigenvalue weighted by Gasteiger charge is 2.03. The Hall–Kier alpha value is -2.09. The summed E-state index contributed by atoms with van der Waals surface area (Å²) in [6, 6.07) is 20.3. The van der Waals surface area contributed by atoms with E-state index in [1.807, 2.05) is 30.3 Å². The van der Waals surface area contributed by atoms with Gasteiger partial charge in [-0.25, -0.2) is 0 Å². The molecule has 0 fully saturated rings. The molecule has 2 nitrogen and oxygen atoms in total. The summed E-state index contributed by atoms with van der Waals surface area (Å²) in [5, 5.41) is 2.84. The molecule has 0 atom stereocenters. The van der Waals surface area contributed by atoms with Crippen molar-refractivity contribution in [1.29, 1.82) is 0 Å². The zero-order chi connectivity index (χ0) is 11.2. The van der Waals surface area contributed by atoms with E-state index >= 15 is 0 Å². The van der Waals surface area contributed by atoms with Crippen LogP contribution in [0.25, 0.3) is 0 Å². The summed E-state index contributed by atoms with van der Waals surface area (Å²) in [5.74, 6) is -0.0888. The molecule has 0 bridgehead atoms. The van der Waals surface area contributed by atoms with Crippen molar-refractivity contribution in [3.05, 3.63) is 71.8 Å². The van der Waals surface area contributed by atoms with E-state index < -0.39 is 0 Å². The molecule has 0 unspecified atom stereocenters. The summed E-state index contributed by atoms with van der Waals surface area (Å²) in [6.07, 6.45) is 0. The van der Waals surface area contributed by atoms with Gasteiger partial charge in [0.1, 0.15) is 0 Å². The third-order valence-electron chi connectivity index (χ3n) is 2.22. The van der Waals surface area contributed by atoms with Crippen LogP contribution in [0.1, 0.15) is 15.9 Å². The van der Waals surface area contributed by atoms with Crippen molar-refractivity contribution in [2.45, 2.75) is 6.54 Å². The number of hydrogen-bond donors (Lipinski definition) is 1. The van der Waals surface area contributed by atoms with E-state index in [0.29, 0.717) is 12.1 Å². The fourth-order valence-corrected chi connectivity index (χ4v) is 1.37. The average Bonchev–Trinajstić information content (AvgIpc) is 2.38. The minimum atomic E-state index is -0.0888. The fraction of sp³-hybridized carbons (Fsp3) is 0.0714. The maximum Gasteiger partial charge on any atom is 0.251 e. The normalized spacial score (nSPS) is 9.75. The van der Waals surface area contributed by atoms with Crippen LogP contribution in [-0.2, 0) is 6.54 Å². The largest absolute Gasteiger partial charge is 0.348 e. The molecule has 0 aliphatic carbocycles. The molecule has 0 heterocycles. The first-order valence-electron chi connectivity index (χ1n) is 5.06. The second-order valence-electron chi connectivity index (χ2n) is 3.39. The first kappa shape index (κ1) is 10.4. The minimum Gasteiger partial charge on any atom is -0.348 e. The molecule has 2 aromatic rings. The molecule has 16 heavy (non-hydrogen) atoms. The minimum absolute atomic E-state index is 0.0888. The topological polar surface area (TPSA) is 29.1 Å². The van der Waals surface area contributed by atoms with E-state index in [0.717, 1.165) is 5.56 Å². The van der Waals surface area contributed by atoms with Crippen molar-refractivity contribution < 1.29 is 4.79 Å². The third kappa shape index (κ3) is 2.70. The Kier molecular flexibility index (Phi) is 3.34. The van der Waals surface area contributed by atoms with Crippen molar-refractivity contribution in [2.75, 3.05) is 0 Å². The van der Waals surface area contributed by atoms with Crippen LogP contribution >= 0.6 is 0 Å². The van der Waals surface area contributed by atoms with Crippen molar-refractivity contribution in [2.24, 2.45) is 0 Å². The molecule has 0 saturated heterocycles. The van der Waals surface area contributed by atoms with Crippen LogP contribution in [0.4, 0.5) is 0 Å². The Balaban J connectivity index is 1.95. The number of amides is 1. The van der Waals surface area contributed by atoms with Crippen LogP contribution in [-0.4, -0.2) is 5.91 Å². The van der Waals surface area contributed by atoms with E-state index in [4.69, 9.17) is 0 Å². The standard InChI is InChI=1S/C14H11NO/c16-14(13-9-5-2-6-10-13)15-11-12-7-3-1-4-8-12/h1,3-5,7-10H,11H2,(H,15,16). The summed E-state index contributed by atoms with van der Waals surface area (Å²) < 4.78 is 0. The van der Waals surface area contributed by atoms with Gasteiger partial charge in [0, 0.05) is 12.1 Å². The van der Waals surface area contributed by atoms with Crippen LogP contribution in [0.3, 0.4) is 0 Å². The molecule has 2 heteroatoms. The third-order valence-corrected chi connectivity index (χ3v) is 2.22. The van der Waals surface area contributed by atoms with E-state index in [1.54, 1.807) is 18.2 Å². The smallest absolute Gasteiger partial charge is 0.251 e. The van der Waals surface area contributed by atoms with Crippen molar-refractivity contribution in [3.8, 4) is 0 Å². The van der Waals surface area contributed by atoms with Gasteiger partial charge in [-0.2, -0.15) is 0 Å². The number of carbonyl (C=O) groups excluding carboxylic acids is 1. The van der Waals surface area contributed by atoms with Crippen LogP contribution in [0.15, 0.2) is 48.5 Å². The lowest BCUT2D eigenvalue weighted by atomic mass is 10.2. The van der Waals surface area contributed by atoms with Crippen LogP contribution < -0.4 is 5.32 Å². The summed E-state index contributed by atoms with van der Waals surface area (Å²) in [5.41, 5.74) is 1.69. The molecular formula is C14H11NO. The highest BCUT2D eigenvalue weighted by molar-refractivity contribution is 5.93. The SMILES string of the molecule is O=C(NCc1ccccc1)c1c[c][c]cc1. The van der Waals surface area contributed by atoms with Gasteiger partial charge < -0.3 is 5.32 Å².